The number of rotatable bonds is 10. The van der Waals surface area contributed by atoms with Crippen LogP contribution in [0.25, 0.3) is 0 Å². The van der Waals surface area contributed by atoms with Gasteiger partial charge in [-0.25, -0.2) is 0 Å². The molecule has 3 heteroatoms. The quantitative estimate of drug-likeness (QED) is 0.495. The zero-order valence-corrected chi connectivity index (χ0v) is 17.3. The predicted octanol–water partition coefficient (Wildman–Crippen LogP) is 5.81. The Morgan fingerprint density at radius 2 is 1.59 bits per heavy atom. The number of carbonyl (C=O) groups is 1. The van der Waals surface area contributed by atoms with Crippen LogP contribution in [-0.4, -0.2) is 24.9 Å². The van der Waals surface area contributed by atoms with E-state index in [1.807, 2.05) is 37.2 Å². The molecule has 27 heavy (non-hydrogen) atoms. The molecule has 0 aliphatic rings. The maximum Gasteiger partial charge on any atom is 0.223 e. The number of nitrogens with zero attached hydrogens (tertiary/aromatic N) is 2. The summed E-state index contributed by atoms with van der Waals surface area (Å²) in [5.74, 6) is 0.249. The van der Waals surface area contributed by atoms with Crippen molar-refractivity contribution in [3.63, 3.8) is 0 Å². The lowest BCUT2D eigenvalue weighted by molar-refractivity contribution is -0.134. The van der Waals surface area contributed by atoms with Crippen molar-refractivity contribution >= 4 is 11.6 Å². The minimum Gasteiger partial charge on any atom is -0.378 e. The maximum atomic E-state index is 13.0. The third kappa shape index (κ3) is 6.42. The second-order valence-electron chi connectivity index (χ2n) is 7.48. The minimum atomic E-state index is 0.0680. The molecule has 0 unspecified atom stereocenters. The lowest BCUT2D eigenvalue weighted by atomic mass is 10.0. The largest absolute Gasteiger partial charge is 0.378 e. The minimum absolute atomic E-state index is 0.0680. The molecule has 0 heterocycles. The molecule has 0 saturated heterocycles. The van der Waals surface area contributed by atoms with E-state index >= 15 is 0 Å². The highest BCUT2D eigenvalue weighted by atomic mass is 16.2. The Kier molecular flexibility index (Phi) is 8.38. The molecule has 0 aliphatic heterocycles. The van der Waals surface area contributed by atoms with Crippen LogP contribution < -0.4 is 4.90 Å². The number of anilines is 1. The van der Waals surface area contributed by atoms with Crippen molar-refractivity contribution in [3.05, 3.63) is 65.7 Å². The Morgan fingerprint density at radius 1 is 0.926 bits per heavy atom. The third-order valence-corrected chi connectivity index (χ3v) is 5.12. The zero-order chi connectivity index (χ0) is 19.6. The molecule has 146 valence electrons. The van der Waals surface area contributed by atoms with Crippen LogP contribution in [0.4, 0.5) is 5.69 Å². The molecule has 3 nitrogen and oxygen atoms in total. The fraction of sp³-hybridized carbons (Fsp3) is 0.458. The number of unbranched alkanes of at least 4 members (excludes halogenated alkanes) is 3. The van der Waals surface area contributed by atoms with Gasteiger partial charge in [0.05, 0.1) is 6.04 Å². The Hall–Kier alpha value is -2.29. The van der Waals surface area contributed by atoms with Gasteiger partial charge in [0.1, 0.15) is 0 Å². The lowest BCUT2D eigenvalue weighted by Gasteiger charge is -2.30. The highest BCUT2D eigenvalue weighted by molar-refractivity contribution is 5.76. The number of amides is 1. The van der Waals surface area contributed by atoms with Crippen LogP contribution in [-0.2, 0) is 11.3 Å². The van der Waals surface area contributed by atoms with Crippen molar-refractivity contribution in [3.8, 4) is 0 Å². The molecule has 0 radical (unpaired) electrons. The van der Waals surface area contributed by atoms with E-state index in [4.69, 9.17) is 0 Å². The first-order chi connectivity index (χ1) is 13.0. The molecule has 0 aliphatic carbocycles. The molecule has 2 aromatic carbocycles. The Bertz CT molecular complexity index is 679. The van der Waals surface area contributed by atoms with Crippen molar-refractivity contribution in [1.82, 2.24) is 4.90 Å². The predicted molar refractivity (Wildman–Crippen MR) is 115 cm³/mol. The fourth-order valence-corrected chi connectivity index (χ4v) is 3.30. The van der Waals surface area contributed by atoms with Crippen molar-refractivity contribution in [1.29, 1.82) is 0 Å². The summed E-state index contributed by atoms with van der Waals surface area (Å²) in [5, 5.41) is 0. The first kappa shape index (κ1) is 21.0. The van der Waals surface area contributed by atoms with Crippen molar-refractivity contribution in [2.45, 2.75) is 58.5 Å². The summed E-state index contributed by atoms with van der Waals surface area (Å²) in [5.41, 5.74) is 3.53. The SMILES string of the molecule is CCCCCCC(=O)N(Cc1ccc(N(C)C)cc1)[C@H](C)c1ccccc1. The van der Waals surface area contributed by atoms with Crippen LogP contribution in [0, 0.1) is 0 Å². The standard InChI is InChI=1S/C24H34N2O/c1-5-6-7-11-14-24(27)26(20(2)22-12-9-8-10-13-22)19-21-15-17-23(18-16-21)25(3)4/h8-10,12-13,15-18,20H,5-7,11,14,19H2,1-4H3/t20-/m1/s1. The first-order valence-electron chi connectivity index (χ1n) is 10.1. The fourth-order valence-electron chi connectivity index (χ4n) is 3.30. The number of benzene rings is 2. The molecular formula is C24H34N2O. The van der Waals surface area contributed by atoms with Gasteiger partial charge in [0.15, 0.2) is 0 Å². The molecule has 0 bridgehead atoms. The Morgan fingerprint density at radius 3 is 2.19 bits per heavy atom. The van der Waals surface area contributed by atoms with E-state index in [0.717, 1.165) is 12.8 Å². The van der Waals surface area contributed by atoms with Crippen molar-refractivity contribution < 1.29 is 4.79 Å². The van der Waals surface area contributed by atoms with Gasteiger partial charge in [-0.2, -0.15) is 0 Å². The van der Waals surface area contributed by atoms with Crippen LogP contribution in [0.1, 0.15) is 63.1 Å². The smallest absolute Gasteiger partial charge is 0.223 e. The van der Waals surface area contributed by atoms with Gasteiger partial charge in [-0.1, -0.05) is 68.7 Å². The molecular weight excluding hydrogens is 332 g/mol. The summed E-state index contributed by atoms with van der Waals surface area (Å²) in [6, 6.07) is 18.9. The van der Waals surface area contributed by atoms with E-state index in [1.165, 1.54) is 29.7 Å². The van der Waals surface area contributed by atoms with Crippen LogP contribution in [0.15, 0.2) is 54.6 Å². The van der Waals surface area contributed by atoms with E-state index < -0.39 is 0 Å². The van der Waals surface area contributed by atoms with Gasteiger partial charge in [0.2, 0.25) is 5.91 Å². The Balaban J connectivity index is 2.14. The summed E-state index contributed by atoms with van der Waals surface area (Å²) in [4.78, 5) is 17.1. The third-order valence-electron chi connectivity index (χ3n) is 5.12. The van der Waals surface area contributed by atoms with Crippen molar-refractivity contribution in [2.24, 2.45) is 0 Å². The summed E-state index contributed by atoms with van der Waals surface area (Å²) < 4.78 is 0. The average Bonchev–Trinajstić information content (AvgIpc) is 2.69. The van der Waals surface area contributed by atoms with E-state index in [0.29, 0.717) is 13.0 Å². The second-order valence-corrected chi connectivity index (χ2v) is 7.48. The topological polar surface area (TPSA) is 23.6 Å². The van der Waals surface area contributed by atoms with Crippen LogP contribution in [0.5, 0.6) is 0 Å². The van der Waals surface area contributed by atoms with Gasteiger partial charge >= 0.3 is 0 Å². The van der Waals surface area contributed by atoms with Gasteiger partial charge in [-0.15, -0.1) is 0 Å². The maximum absolute atomic E-state index is 13.0. The van der Waals surface area contributed by atoms with Gasteiger partial charge in [-0.05, 0) is 36.6 Å². The Labute approximate surface area is 165 Å². The lowest BCUT2D eigenvalue weighted by Crippen LogP contribution is -2.33. The highest BCUT2D eigenvalue weighted by Gasteiger charge is 2.21. The van der Waals surface area contributed by atoms with E-state index in [9.17, 15) is 4.79 Å². The molecule has 1 atom stereocenters. The number of carbonyl (C=O) groups excluding carboxylic acids is 1. The molecule has 0 fully saturated rings. The van der Waals surface area contributed by atoms with Crippen molar-refractivity contribution in [2.75, 3.05) is 19.0 Å². The van der Waals surface area contributed by atoms with E-state index in [1.54, 1.807) is 0 Å². The summed E-state index contributed by atoms with van der Waals surface area (Å²) >= 11 is 0. The number of hydrogen-bond acceptors (Lipinski definition) is 2. The molecule has 1 amide bonds. The summed E-state index contributed by atoms with van der Waals surface area (Å²) in [6.07, 6.45) is 5.13. The second kappa shape index (κ2) is 10.8. The molecule has 0 aromatic heterocycles. The van der Waals surface area contributed by atoms with E-state index in [-0.39, 0.29) is 11.9 Å². The molecule has 2 rings (SSSR count). The normalized spacial score (nSPS) is 11.9. The summed E-state index contributed by atoms with van der Waals surface area (Å²) in [7, 11) is 4.08. The van der Waals surface area contributed by atoms with Crippen LogP contribution >= 0.6 is 0 Å². The van der Waals surface area contributed by atoms with Gasteiger partial charge in [0, 0.05) is 32.7 Å². The van der Waals surface area contributed by atoms with Gasteiger partial charge in [-0.3, -0.25) is 4.79 Å². The molecule has 2 aromatic rings. The first-order valence-corrected chi connectivity index (χ1v) is 10.1. The van der Waals surface area contributed by atoms with Crippen LogP contribution in [0.3, 0.4) is 0 Å². The molecule has 0 saturated carbocycles. The monoisotopic (exact) mass is 366 g/mol. The molecule has 0 spiro atoms. The van der Waals surface area contributed by atoms with Gasteiger partial charge < -0.3 is 9.80 Å². The average molecular weight is 367 g/mol. The van der Waals surface area contributed by atoms with E-state index in [2.05, 4.69) is 55.1 Å². The van der Waals surface area contributed by atoms with Crippen LogP contribution in [0.2, 0.25) is 0 Å². The number of hydrogen-bond donors (Lipinski definition) is 0. The van der Waals surface area contributed by atoms with Gasteiger partial charge in [0.25, 0.3) is 0 Å². The zero-order valence-electron chi connectivity index (χ0n) is 17.3. The highest BCUT2D eigenvalue weighted by Crippen LogP contribution is 2.24. The molecule has 0 N–H and O–H groups in total. The summed E-state index contributed by atoms with van der Waals surface area (Å²) in [6.45, 7) is 4.98.